The number of esters is 2. The van der Waals surface area contributed by atoms with Gasteiger partial charge in [-0.15, -0.1) is 0 Å². The Morgan fingerprint density at radius 1 is 0.808 bits per heavy atom. The molecule has 0 radical (unpaired) electrons. The Bertz CT molecular complexity index is 396. The van der Waals surface area contributed by atoms with Crippen molar-refractivity contribution in [3.8, 4) is 0 Å². The van der Waals surface area contributed by atoms with E-state index in [9.17, 15) is 9.59 Å². The van der Waals surface area contributed by atoms with E-state index in [0.717, 1.165) is 64.2 Å². The maximum atomic E-state index is 13.1. The fourth-order valence-corrected chi connectivity index (χ4v) is 4.29. The topological polar surface area (TPSA) is 52.6 Å². The second-order valence-corrected chi connectivity index (χ2v) is 7.79. The Labute approximate surface area is 160 Å². The van der Waals surface area contributed by atoms with Crippen LogP contribution in [0.15, 0.2) is 0 Å². The minimum absolute atomic E-state index is 0.0608. The number of rotatable bonds is 13. The predicted octanol–water partition coefficient (Wildman–Crippen LogP) is 5.68. The fraction of sp³-hybridized carbons (Fsp3) is 0.909. The molecule has 2 atom stereocenters. The third-order valence-corrected chi connectivity index (χ3v) is 5.83. The molecule has 1 saturated carbocycles. The SMILES string of the molecule is CCCCOC(=O)C1(C(=O)OCCCC)CCC(CCC)C1CCCC. The van der Waals surface area contributed by atoms with Crippen molar-refractivity contribution in [2.75, 3.05) is 13.2 Å². The Balaban J connectivity index is 3.06. The number of carbonyl (C=O) groups excluding carboxylic acids is 2. The van der Waals surface area contributed by atoms with E-state index in [2.05, 4.69) is 27.7 Å². The molecule has 0 amide bonds. The van der Waals surface area contributed by atoms with E-state index >= 15 is 0 Å². The van der Waals surface area contributed by atoms with Gasteiger partial charge in [-0.05, 0) is 43.9 Å². The van der Waals surface area contributed by atoms with Crippen LogP contribution >= 0.6 is 0 Å². The average Bonchev–Trinajstić information content (AvgIpc) is 3.00. The summed E-state index contributed by atoms with van der Waals surface area (Å²) in [5.74, 6) is -0.172. The van der Waals surface area contributed by atoms with Gasteiger partial charge < -0.3 is 9.47 Å². The summed E-state index contributed by atoms with van der Waals surface area (Å²) in [4.78, 5) is 26.2. The van der Waals surface area contributed by atoms with Crippen LogP contribution in [0.25, 0.3) is 0 Å². The molecule has 0 bridgehead atoms. The Kier molecular flexibility index (Phi) is 10.9. The molecular formula is C22H40O4. The maximum absolute atomic E-state index is 13.1. The lowest BCUT2D eigenvalue weighted by atomic mass is 9.72. The highest BCUT2D eigenvalue weighted by Crippen LogP contribution is 2.52. The third kappa shape index (κ3) is 5.72. The minimum atomic E-state index is -1.07. The fourth-order valence-electron chi connectivity index (χ4n) is 4.29. The predicted molar refractivity (Wildman–Crippen MR) is 105 cm³/mol. The van der Waals surface area contributed by atoms with Crippen LogP contribution in [-0.2, 0) is 19.1 Å². The monoisotopic (exact) mass is 368 g/mol. The largest absolute Gasteiger partial charge is 0.465 e. The van der Waals surface area contributed by atoms with Gasteiger partial charge in [-0.3, -0.25) is 9.59 Å². The number of carbonyl (C=O) groups is 2. The molecule has 1 aliphatic rings. The van der Waals surface area contributed by atoms with Crippen molar-refractivity contribution in [2.45, 2.75) is 98.3 Å². The van der Waals surface area contributed by atoms with Gasteiger partial charge in [-0.2, -0.15) is 0 Å². The first-order chi connectivity index (χ1) is 12.6. The zero-order valence-corrected chi connectivity index (χ0v) is 17.5. The molecule has 0 N–H and O–H groups in total. The number of ether oxygens (including phenoxy) is 2. The molecule has 26 heavy (non-hydrogen) atoms. The third-order valence-electron chi connectivity index (χ3n) is 5.83. The van der Waals surface area contributed by atoms with Crippen LogP contribution in [0.1, 0.15) is 98.3 Å². The molecule has 0 aromatic carbocycles. The molecule has 0 saturated heterocycles. The van der Waals surface area contributed by atoms with Gasteiger partial charge in [-0.1, -0.05) is 66.2 Å². The zero-order valence-electron chi connectivity index (χ0n) is 17.5. The molecule has 0 aromatic rings. The van der Waals surface area contributed by atoms with Gasteiger partial charge in [0.15, 0.2) is 5.41 Å². The van der Waals surface area contributed by atoms with E-state index in [-0.39, 0.29) is 17.9 Å². The van der Waals surface area contributed by atoms with Gasteiger partial charge in [0.2, 0.25) is 0 Å². The molecule has 0 aromatic heterocycles. The maximum Gasteiger partial charge on any atom is 0.323 e. The number of unbranched alkanes of at least 4 members (excludes halogenated alkanes) is 3. The lowest BCUT2D eigenvalue weighted by molar-refractivity contribution is -0.177. The van der Waals surface area contributed by atoms with Gasteiger partial charge in [0.05, 0.1) is 13.2 Å². The quantitative estimate of drug-likeness (QED) is 0.238. The first kappa shape index (κ1) is 23.0. The van der Waals surface area contributed by atoms with E-state index in [4.69, 9.17) is 9.47 Å². The van der Waals surface area contributed by atoms with E-state index in [1.807, 2.05) is 0 Å². The van der Waals surface area contributed by atoms with Crippen molar-refractivity contribution in [3.63, 3.8) is 0 Å². The molecule has 0 aliphatic heterocycles. The van der Waals surface area contributed by atoms with Gasteiger partial charge >= 0.3 is 11.9 Å². The number of hydrogen-bond donors (Lipinski definition) is 0. The lowest BCUT2D eigenvalue weighted by Gasteiger charge is -2.33. The van der Waals surface area contributed by atoms with Crippen LogP contribution in [0.3, 0.4) is 0 Å². The second kappa shape index (κ2) is 12.3. The molecule has 1 fully saturated rings. The molecule has 0 heterocycles. The van der Waals surface area contributed by atoms with E-state index in [1.54, 1.807) is 0 Å². The van der Waals surface area contributed by atoms with Crippen LogP contribution < -0.4 is 0 Å². The Morgan fingerprint density at radius 3 is 1.81 bits per heavy atom. The molecular weight excluding hydrogens is 328 g/mol. The highest BCUT2D eigenvalue weighted by atomic mass is 16.6. The number of hydrogen-bond acceptors (Lipinski definition) is 4. The zero-order chi connectivity index (χ0) is 19.4. The summed E-state index contributed by atoms with van der Waals surface area (Å²) in [6.45, 7) is 9.27. The van der Waals surface area contributed by atoms with Crippen LogP contribution in [0, 0.1) is 17.3 Å². The van der Waals surface area contributed by atoms with Crippen LogP contribution in [-0.4, -0.2) is 25.2 Å². The van der Waals surface area contributed by atoms with Gasteiger partial charge in [0.1, 0.15) is 0 Å². The van der Waals surface area contributed by atoms with Crippen molar-refractivity contribution in [1.29, 1.82) is 0 Å². The summed E-state index contributed by atoms with van der Waals surface area (Å²) in [7, 11) is 0. The summed E-state index contributed by atoms with van der Waals surface area (Å²) < 4.78 is 11.2. The lowest BCUT2D eigenvalue weighted by Crippen LogP contribution is -2.46. The van der Waals surface area contributed by atoms with Gasteiger partial charge in [-0.25, -0.2) is 0 Å². The standard InChI is InChI=1S/C22H40O4/c1-5-9-13-19-18(12-8-4)14-15-22(19,20(23)25-16-10-6-2)21(24)26-17-11-7-3/h18-19H,5-17H2,1-4H3. The molecule has 1 rings (SSSR count). The van der Waals surface area contributed by atoms with Crippen LogP contribution in [0.2, 0.25) is 0 Å². The van der Waals surface area contributed by atoms with Crippen LogP contribution in [0.5, 0.6) is 0 Å². The average molecular weight is 369 g/mol. The summed E-state index contributed by atoms with van der Waals surface area (Å²) >= 11 is 0. The Morgan fingerprint density at radius 2 is 1.35 bits per heavy atom. The summed E-state index contributed by atoms with van der Waals surface area (Å²) in [6, 6.07) is 0. The Hall–Kier alpha value is -1.06. The first-order valence-electron chi connectivity index (χ1n) is 10.9. The van der Waals surface area contributed by atoms with Crippen molar-refractivity contribution in [3.05, 3.63) is 0 Å². The highest BCUT2D eigenvalue weighted by molar-refractivity contribution is 6.01. The van der Waals surface area contributed by atoms with Gasteiger partial charge in [0, 0.05) is 0 Å². The van der Waals surface area contributed by atoms with Crippen molar-refractivity contribution >= 4 is 11.9 Å². The highest BCUT2D eigenvalue weighted by Gasteiger charge is 2.60. The molecule has 4 heteroatoms. The van der Waals surface area contributed by atoms with Crippen molar-refractivity contribution in [2.24, 2.45) is 17.3 Å². The smallest absolute Gasteiger partial charge is 0.323 e. The first-order valence-corrected chi connectivity index (χ1v) is 10.9. The molecule has 0 spiro atoms. The van der Waals surface area contributed by atoms with Gasteiger partial charge in [0.25, 0.3) is 0 Å². The minimum Gasteiger partial charge on any atom is -0.465 e. The second-order valence-electron chi connectivity index (χ2n) is 7.79. The van der Waals surface area contributed by atoms with Crippen molar-refractivity contribution in [1.82, 2.24) is 0 Å². The molecule has 1 aliphatic carbocycles. The summed E-state index contributed by atoms with van der Waals surface area (Å²) in [6.07, 6.45) is 10.3. The molecule has 152 valence electrons. The summed E-state index contributed by atoms with van der Waals surface area (Å²) in [5, 5.41) is 0. The summed E-state index contributed by atoms with van der Waals surface area (Å²) in [5.41, 5.74) is -1.07. The normalized spacial score (nSPS) is 21.5. The molecule has 2 unspecified atom stereocenters. The van der Waals surface area contributed by atoms with E-state index < -0.39 is 5.41 Å². The van der Waals surface area contributed by atoms with E-state index in [1.165, 1.54) is 0 Å². The van der Waals surface area contributed by atoms with E-state index in [0.29, 0.717) is 25.6 Å². The van der Waals surface area contributed by atoms with Crippen molar-refractivity contribution < 1.29 is 19.1 Å². The molecule has 4 nitrogen and oxygen atoms in total. The van der Waals surface area contributed by atoms with Crippen LogP contribution in [0.4, 0.5) is 0 Å².